The summed E-state index contributed by atoms with van der Waals surface area (Å²) in [6, 6.07) is 0. The summed E-state index contributed by atoms with van der Waals surface area (Å²) < 4.78 is 10.3. The monoisotopic (exact) mass is 172 g/mol. The van der Waals surface area contributed by atoms with E-state index >= 15 is 0 Å². The molecule has 0 saturated heterocycles. The first-order chi connectivity index (χ1) is 1.91. The van der Waals surface area contributed by atoms with E-state index in [0.717, 1.165) is 4.43 Å². The van der Waals surface area contributed by atoms with Crippen LogP contribution in [0.3, 0.4) is 0 Å². The molecule has 0 heterocycles. The number of hydrogen-bond donors (Lipinski definition) is 0. The maximum atomic E-state index is 9.41. The molecule has 0 aromatic rings. The molecule has 1 nitrogen and oxygen atoms in total. The third-order valence-electron chi connectivity index (χ3n) is 0.109. The average molecular weight is 172 g/mol. The zero-order chi connectivity index (χ0) is 3.41. The van der Waals surface area contributed by atoms with Gasteiger partial charge in [-0.3, -0.25) is 3.07 Å². The molecule has 0 fully saturated rings. The fraction of sp³-hybridized carbons (Fsp3) is 1.00. The largest absolute Gasteiger partial charge is 0.270 e. The van der Waals surface area contributed by atoms with Gasteiger partial charge >= 0.3 is 0 Å². The van der Waals surface area contributed by atoms with E-state index in [4.69, 9.17) is 0 Å². The fourth-order valence-electron chi connectivity index (χ4n) is 0. The van der Waals surface area contributed by atoms with Crippen LogP contribution >= 0.6 is 21.2 Å². The van der Waals surface area contributed by atoms with Crippen LogP contribution in [0.1, 0.15) is 6.92 Å². The number of hydrogen-bond acceptors (Lipinski definition) is 1. The predicted octanol–water partition coefficient (Wildman–Crippen LogP) is 1.32. The van der Waals surface area contributed by atoms with E-state index in [-0.39, 0.29) is 0 Å². The van der Waals surface area contributed by atoms with E-state index in [1.807, 2.05) is 6.92 Å². The van der Waals surface area contributed by atoms with Crippen molar-refractivity contribution < 1.29 is 3.07 Å². The molecule has 0 radical (unpaired) electrons. The minimum Gasteiger partial charge on any atom is -0.270 e. The molecule has 0 spiro atoms. The molecule has 0 saturated carbocycles. The van der Waals surface area contributed by atoms with Crippen LogP contribution < -0.4 is 0 Å². The normalized spacial score (nSPS) is 7.25. The van der Waals surface area contributed by atoms with Gasteiger partial charge in [0.1, 0.15) is 21.2 Å². The van der Waals surface area contributed by atoms with Crippen molar-refractivity contribution in [3.05, 3.63) is 0 Å². The van der Waals surface area contributed by atoms with Crippen LogP contribution in [0.25, 0.3) is 0 Å². The minimum atomic E-state index is -0.639. The molecule has 0 aromatic heterocycles. The van der Waals surface area contributed by atoms with Gasteiger partial charge in [0.25, 0.3) is 0 Å². The van der Waals surface area contributed by atoms with Gasteiger partial charge in [0, 0.05) is 4.43 Å². The van der Waals surface area contributed by atoms with E-state index in [9.17, 15) is 3.07 Å². The molecule has 4 heavy (non-hydrogen) atoms. The molecule has 26 valence electrons. The average Bonchev–Trinajstić information content (AvgIpc) is 1.37. The second-order valence-corrected chi connectivity index (χ2v) is 2.52. The molecule has 0 unspecified atom stereocenters. The highest BCUT2D eigenvalue weighted by Gasteiger charge is 1.54. The second kappa shape index (κ2) is 3.53. The zero-order valence-corrected chi connectivity index (χ0v) is 4.65. The van der Waals surface area contributed by atoms with Crippen molar-refractivity contribution in [1.29, 1.82) is 0 Å². The summed E-state index contributed by atoms with van der Waals surface area (Å²) in [6.07, 6.45) is 0. The summed E-state index contributed by atoms with van der Waals surface area (Å²) in [4.78, 5) is 0. The lowest BCUT2D eigenvalue weighted by Crippen LogP contribution is -1.39. The van der Waals surface area contributed by atoms with Gasteiger partial charge in [-0.15, -0.1) is 0 Å². The Kier molecular flexibility index (Phi) is 4.00. The Morgan fingerprint density at radius 3 is 2.25 bits per heavy atom. The van der Waals surface area contributed by atoms with Crippen molar-refractivity contribution in [2.75, 3.05) is 4.43 Å². The maximum Gasteiger partial charge on any atom is 0.143 e. The van der Waals surface area contributed by atoms with Crippen LogP contribution in [0, 0.1) is 0 Å². The van der Waals surface area contributed by atoms with Crippen molar-refractivity contribution in [2.45, 2.75) is 6.92 Å². The summed E-state index contributed by atoms with van der Waals surface area (Å²) in [5, 5.41) is 0. The third kappa shape index (κ3) is 2.53. The van der Waals surface area contributed by atoms with Gasteiger partial charge in [0.2, 0.25) is 0 Å². The number of alkyl halides is 1. The third-order valence-corrected chi connectivity index (χ3v) is 0.732. The Morgan fingerprint density at radius 2 is 2.25 bits per heavy atom. The van der Waals surface area contributed by atoms with E-state index in [1.54, 1.807) is 0 Å². The van der Waals surface area contributed by atoms with E-state index < -0.39 is 21.2 Å². The Bertz CT molecular complexity index is 20.0. The Labute approximate surface area is 36.0 Å². The molecule has 0 aliphatic rings. The van der Waals surface area contributed by atoms with Crippen molar-refractivity contribution in [2.24, 2.45) is 0 Å². The van der Waals surface area contributed by atoms with Crippen LogP contribution in [0.2, 0.25) is 0 Å². The van der Waals surface area contributed by atoms with Crippen molar-refractivity contribution >= 4 is 21.2 Å². The van der Waals surface area contributed by atoms with Crippen molar-refractivity contribution in [3.63, 3.8) is 0 Å². The second-order valence-electron chi connectivity index (χ2n) is 0.376. The van der Waals surface area contributed by atoms with E-state index in [1.165, 1.54) is 0 Å². The smallest absolute Gasteiger partial charge is 0.143 e. The van der Waals surface area contributed by atoms with Crippen LogP contribution in [0.4, 0.5) is 0 Å². The van der Waals surface area contributed by atoms with E-state index in [2.05, 4.69) is 0 Å². The molecule has 0 atom stereocenters. The molecule has 2 heteroatoms. The predicted molar refractivity (Wildman–Crippen MR) is 25.2 cm³/mol. The first kappa shape index (κ1) is 4.53. The topological polar surface area (TPSA) is 17.1 Å². The lowest BCUT2D eigenvalue weighted by Gasteiger charge is -1.49. The molecule has 0 amide bonds. The molecule has 0 aromatic carbocycles. The standard InChI is InChI=1S/C2H5IO/c1-2-3-4/h2H2,1H3. The van der Waals surface area contributed by atoms with Crippen molar-refractivity contribution in [1.82, 2.24) is 0 Å². The Balaban J connectivity index is 2.30. The quantitative estimate of drug-likeness (QED) is 0.430. The number of halogens is 1. The summed E-state index contributed by atoms with van der Waals surface area (Å²) in [5.74, 6) is 0. The van der Waals surface area contributed by atoms with E-state index in [0.29, 0.717) is 0 Å². The molecule has 0 N–H and O–H groups in total. The first-order valence-electron chi connectivity index (χ1n) is 1.13. The first-order valence-corrected chi connectivity index (χ1v) is 3.54. The molecular weight excluding hydrogens is 167 g/mol. The molecule has 0 bridgehead atoms. The summed E-state index contributed by atoms with van der Waals surface area (Å²) in [5.41, 5.74) is 0. The lowest BCUT2D eigenvalue weighted by molar-refractivity contribution is 0.647. The molecular formula is C2H5IO. The molecule has 0 aliphatic heterocycles. The van der Waals surface area contributed by atoms with Gasteiger partial charge in [0.05, 0.1) is 0 Å². The number of rotatable bonds is 1. The van der Waals surface area contributed by atoms with Crippen LogP contribution in [-0.4, -0.2) is 4.43 Å². The van der Waals surface area contributed by atoms with Crippen LogP contribution in [0.15, 0.2) is 0 Å². The van der Waals surface area contributed by atoms with Crippen LogP contribution in [0.5, 0.6) is 0 Å². The molecule has 0 aliphatic carbocycles. The summed E-state index contributed by atoms with van der Waals surface area (Å²) in [6.45, 7) is 1.92. The maximum absolute atomic E-state index is 9.41. The zero-order valence-electron chi connectivity index (χ0n) is 2.49. The highest BCUT2D eigenvalue weighted by molar-refractivity contribution is 14.1. The Hall–Kier alpha value is 0.530. The van der Waals surface area contributed by atoms with Gasteiger partial charge < -0.3 is 0 Å². The highest BCUT2D eigenvalue weighted by Crippen LogP contribution is 1.83. The molecule has 0 rings (SSSR count). The highest BCUT2D eigenvalue weighted by atomic mass is 127. The van der Waals surface area contributed by atoms with Crippen molar-refractivity contribution in [3.8, 4) is 0 Å². The van der Waals surface area contributed by atoms with Gasteiger partial charge in [-0.25, -0.2) is 0 Å². The van der Waals surface area contributed by atoms with Gasteiger partial charge in [-0.2, -0.15) is 0 Å². The fourth-order valence-corrected chi connectivity index (χ4v) is 0. The van der Waals surface area contributed by atoms with Gasteiger partial charge in [0.15, 0.2) is 0 Å². The summed E-state index contributed by atoms with van der Waals surface area (Å²) >= 11 is -0.639. The van der Waals surface area contributed by atoms with Gasteiger partial charge in [-0.05, 0) is 0 Å². The lowest BCUT2D eigenvalue weighted by atomic mass is 11.0. The Morgan fingerprint density at radius 1 is 2.00 bits per heavy atom. The summed E-state index contributed by atoms with van der Waals surface area (Å²) in [7, 11) is 0. The minimum absolute atomic E-state index is 0.639. The van der Waals surface area contributed by atoms with Gasteiger partial charge in [-0.1, -0.05) is 6.92 Å². The SMILES string of the molecule is CCI=O. The van der Waals surface area contributed by atoms with Crippen LogP contribution in [-0.2, 0) is 3.07 Å².